The number of rotatable bonds is 5. The number of aliphatic hydroxyl groups excluding tert-OH is 1. The standard InChI is InChI=1S/C17H20N2O2/c1-3-10-19-14-7-5-4-6-13(14)18-17(19)11-15(20)16-9-8-12(2)21-16/h4-9,15,20H,3,10-11H2,1-2H3. The molecule has 4 nitrogen and oxygen atoms in total. The highest BCUT2D eigenvalue weighted by atomic mass is 16.4. The molecule has 0 aliphatic rings. The molecular weight excluding hydrogens is 264 g/mol. The smallest absolute Gasteiger partial charge is 0.133 e. The predicted molar refractivity (Wildman–Crippen MR) is 82.1 cm³/mol. The van der Waals surface area contributed by atoms with E-state index >= 15 is 0 Å². The Labute approximate surface area is 124 Å². The van der Waals surface area contributed by atoms with Crippen LogP contribution in [-0.2, 0) is 13.0 Å². The Morgan fingerprint density at radius 3 is 2.76 bits per heavy atom. The van der Waals surface area contributed by atoms with Gasteiger partial charge in [-0.25, -0.2) is 4.98 Å². The van der Waals surface area contributed by atoms with Crippen LogP contribution in [0.1, 0.15) is 36.8 Å². The number of aryl methyl sites for hydroxylation is 2. The zero-order valence-electron chi connectivity index (χ0n) is 12.4. The fraction of sp³-hybridized carbons (Fsp3) is 0.353. The Kier molecular flexibility index (Phi) is 3.80. The van der Waals surface area contributed by atoms with E-state index in [9.17, 15) is 5.11 Å². The van der Waals surface area contributed by atoms with Crippen molar-refractivity contribution in [3.8, 4) is 0 Å². The number of imidazole rings is 1. The van der Waals surface area contributed by atoms with Gasteiger partial charge in [0.15, 0.2) is 0 Å². The summed E-state index contributed by atoms with van der Waals surface area (Å²) in [6.45, 7) is 4.92. The summed E-state index contributed by atoms with van der Waals surface area (Å²) in [5.41, 5.74) is 2.10. The SMILES string of the molecule is CCCn1c(CC(O)c2ccc(C)o2)nc2ccccc21. The molecule has 0 radical (unpaired) electrons. The molecule has 0 amide bonds. The second-order valence-electron chi connectivity index (χ2n) is 5.34. The van der Waals surface area contributed by atoms with Gasteiger partial charge >= 0.3 is 0 Å². The molecule has 0 bridgehead atoms. The minimum Gasteiger partial charge on any atom is -0.464 e. The number of hydrogen-bond acceptors (Lipinski definition) is 3. The molecule has 3 rings (SSSR count). The summed E-state index contributed by atoms with van der Waals surface area (Å²) in [5, 5.41) is 10.4. The maximum absolute atomic E-state index is 10.4. The molecule has 1 aromatic carbocycles. The number of aromatic nitrogens is 2. The van der Waals surface area contributed by atoms with Crippen LogP contribution in [0.2, 0.25) is 0 Å². The van der Waals surface area contributed by atoms with Gasteiger partial charge in [0.05, 0.1) is 11.0 Å². The predicted octanol–water partition coefficient (Wildman–Crippen LogP) is 3.62. The second-order valence-corrected chi connectivity index (χ2v) is 5.34. The molecule has 110 valence electrons. The summed E-state index contributed by atoms with van der Waals surface area (Å²) >= 11 is 0. The van der Waals surface area contributed by atoms with Crippen LogP contribution in [0.5, 0.6) is 0 Å². The molecule has 0 saturated heterocycles. The van der Waals surface area contributed by atoms with Crippen molar-refractivity contribution in [2.45, 2.75) is 39.3 Å². The number of aliphatic hydroxyl groups is 1. The lowest BCUT2D eigenvalue weighted by molar-refractivity contribution is 0.145. The van der Waals surface area contributed by atoms with Gasteiger partial charge in [-0.15, -0.1) is 0 Å². The van der Waals surface area contributed by atoms with Crippen molar-refractivity contribution >= 4 is 11.0 Å². The highest BCUT2D eigenvalue weighted by Crippen LogP contribution is 2.23. The Balaban J connectivity index is 1.94. The summed E-state index contributed by atoms with van der Waals surface area (Å²) in [5.74, 6) is 2.31. The van der Waals surface area contributed by atoms with Crippen molar-refractivity contribution in [1.29, 1.82) is 0 Å². The lowest BCUT2D eigenvalue weighted by Gasteiger charge is -2.10. The molecular formula is C17H20N2O2. The quantitative estimate of drug-likeness (QED) is 0.778. The topological polar surface area (TPSA) is 51.2 Å². The Bertz CT molecular complexity index is 742. The number of benzene rings is 1. The van der Waals surface area contributed by atoms with Crippen LogP contribution < -0.4 is 0 Å². The third-order valence-electron chi connectivity index (χ3n) is 3.65. The molecule has 0 spiro atoms. The number of fused-ring (bicyclic) bond motifs is 1. The van der Waals surface area contributed by atoms with Crippen LogP contribution >= 0.6 is 0 Å². The first kappa shape index (κ1) is 13.9. The number of hydrogen-bond donors (Lipinski definition) is 1. The molecule has 1 N–H and O–H groups in total. The van der Waals surface area contributed by atoms with Gasteiger partial charge in [-0.3, -0.25) is 0 Å². The second kappa shape index (κ2) is 5.74. The summed E-state index contributed by atoms with van der Waals surface area (Å²) in [6.07, 6.45) is 0.830. The molecule has 0 aliphatic carbocycles. The number of para-hydroxylation sites is 2. The van der Waals surface area contributed by atoms with Gasteiger partial charge in [-0.2, -0.15) is 0 Å². The van der Waals surface area contributed by atoms with Crippen LogP contribution in [0.4, 0.5) is 0 Å². The van der Waals surface area contributed by atoms with Crippen LogP contribution in [0.25, 0.3) is 11.0 Å². The first-order chi connectivity index (χ1) is 10.2. The summed E-state index contributed by atoms with van der Waals surface area (Å²) in [4.78, 5) is 4.66. The molecule has 1 atom stereocenters. The summed E-state index contributed by atoms with van der Waals surface area (Å²) < 4.78 is 7.69. The average Bonchev–Trinajstić information content (AvgIpc) is 3.04. The zero-order chi connectivity index (χ0) is 14.8. The van der Waals surface area contributed by atoms with Crippen LogP contribution in [0.15, 0.2) is 40.8 Å². The molecule has 2 heterocycles. The van der Waals surface area contributed by atoms with Crippen molar-refractivity contribution in [3.05, 3.63) is 53.7 Å². The zero-order valence-corrected chi connectivity index (χ0v) is 12.4. The van der Waals surface area contributed by atoms with Crippen molar-refractivity contribution in [2.24, 2.45) is 0 Å². The van der Waals surface area contributed by atoms with Crippen LogP contribution in [-0.4, -0.2) is 14.7 Å². The fourth-order valence-corrected chi connectivity index (χ4v) is 2.66. The molecule has 21 heavy (non-hydrogen) atoms. The van der Waals surface area contributed by atoms with E-state index in [-0.39, 0.29) is 0 Å². The van der Waals surface area contributed by atoms with Gasteiger partial charge in [-0.05, 0) is 37.6 Å². The van der Waals surface area contributed by atoms with Crippen molar-refractivity contribution in [3.63, 3.8) is 0 Å². The number of nitrogens with zero attached hydrogens (tertiary/aromatic N) is 2. The largest absolute Gasteiger partial charge is 0.464 e. The lowest BCUT2D eigenvalue weighted by Crippen LogP contribution is -2.08. The first-order valence-corrected chi connectivity index (χ1v) is 7.37. The molecule has 0 fully saturated rings. The van der Waals surface area contributed by atoms with Crippen molar-refractivity contribution in [2.75, 3.05) is 0 Å². The van der Waals surface area contributed by atoms with Gasteiger partial charge < -0.3 is 14.1 Å². The van der Waals surface area contributed by atoms with E-state index in [1.165, 1.54) is 0 Å². The van der Waals surface area contributed by atoms with Crippen molar-refractivity contribution in [1.82, 2.24) is 9.55 Å². The molecule has 0 saturated carbocycles. The molecule has 2 aromatic heterocycles. The van der Waals surface area contributed by atoms with E-state index in [0.29, 0.717) is 12.2 Å². The number of furan rings is 1. The minimum absolute atomic E-state index is 0.460. The molecule has 0 aliphatic heterocycles. The van der Waals surface area contributed by atoms with E-state index < -0.39 is 6.10 Å². The summed E-state index contributed by atoms with van der Waals surface area (Å²) in [6, 6.07) is 11.8. The highest BCUT2D eigenvalue weighted by molar-refractivity contribution is 5.75. The third kappa shape index (κ3) is 2.72. The minimum atomic E-state index is -0.661. The first-order valence-electron chi connectivity index (χ1n) is 7.37. The lowest BCUT2D eigenvalue weighted by atomic mass is 10.2. The molecule has 1 unspecified atom stereocenters. The van der Waals surface area contributed by atoms with E-state index in [4.69, 9.17) is 4.42 Å². The maximum Gasteiger partial charge on any atom is 0.133 e. The van der Waals surface area contributed by atoms with Crippen molar-refractivity contribution < 1.29 is 9.52 Å². The monoisotopic (exact) mass is 284 g/mol. The summed E-state index contributed by atoms with van der Waals surface area (Å²) in [7, 11) is 0. The van der Waals surface area contributed by atoms with Gasteiger partial charge in [0.1, 0.15) is 23.4 Å². The van der Waals surface area contributed by atoms with E-state index in [1.54, 1.807) is 0 Å². The van der Waals surface area contributed by atoms with Crippen LogP contribution in [0, 0.1) is 6.92 Å². The van der Waals surface area contributed by atoms with Gasteiger partial charge in [-0.1, -0.05) is 19.1 Å². The third-order valence-corrected chi connectivity index (χ3v) is 3.65. The average molecular weight is 284 g/mol. The van der Waals surface area contributed by atoms with E-state index in [2.05, 4.69) is 22.5 Å². The molecule has 3 aromatic rings. The fourth-order valence-electron chi connectivity index (χ4n) is 2.66. The molecule has 4 heteroatoms. The Morgan fingerprint density at radius 1 is 1.24 bits per heavy atom. The van der Waals surface area contributed by atoms with Crippen LogP contribution in [0.3, 0.4) is 0 Å². The van der Waals surface area contributed by atoms with Gasteiger partial charge in [0.25, 0.3) is 0 Å². The van der Waals surface area contributed by atoms with Gasteiger partial charge in [0, 0.05) is 13.0 Å². The van der Waals surface area contributed by atoms with E-state index in [0.717, 1.165) is 35.6 Å². The Morgan fingerprint density at radius 2 is 2.05 bits per heavy atom. The van der Waals surface area contributed by atoms with Gasteiger partial charge in [0.2, 0.25) is 0 Å². The van der Waals surface area contributed by atoms with E-state index in [1.807, 2.05) is 37.3 Å². The Hall–Kier alpha value is -2.07. The maximum atomic E-state index is 10.4. The highest BCUT2D eigenvalue weighted by Gasteiger charge is 2.17. The normalized spacial score (nSPS) is 12.9.